The van der Waals surface area contributed by atoms with Gasteiger partial charge in [-0.3, -0.25) is 0 Å². The fourth-order valence-electron chi connectivity index (χ4n) is 1.61. The van der Waals surface area contributed by atoms with Gasteiger partial charge >= 0.3 is 6.18 Å². The van der Waals surface area contributed by atoms with Gasteiger partial charge < -0.3 is 9.73 Å². The van der Waals surface area contributed by atoms with E-state index in [0.717, 1.165) is 6.07 Å². The minimum Gasteiger partial charge on any atom is -0.439 e. The molecule has 1 aromatic heterocycles. The lowest BCUT2D eigenvalue weighted by molar-refractivity contribution is -0.137. The molecule has 1 N–H and O–H groups in total. The van der Waals surface area contributed by atoms with Crippen molar-refractivity contribution in [2.45, 2.75) is 12.7 Å². The molecule has 2 aromatic rings. The van der Waals surface area contributed by atoms with Crippen LogP contribution in [0, 0.1) is 0 Å². The van der Waals surface area contributed by atoms with E-state index in [9.17, 15) is 13.2 Å². The summed E-state index contributed by atoms with van der Waals surface area (Å²) in [6.45, 7) is 0.369. The fourth-order valence-corrected chi connectivity index (χ4v) is 1.61. The highest BCUT2D eigenvalue weighted by molar-refractivity contribution is 5.62. The summed E-state index contributed by atoms with van der Waals surface area (Å²) >= 11 is 0. The highest BCUT2D eigenvalue weighted by atomic mass is 19.4. The molecule has 0 unspecified atom stereocenters. The van der Waals surface area contributed by atoms with E-state index in [1.54, 1.807) is 7.05 Å². The zero-order chi connectivity index (χ0) is 13.2. The molecule has 0 radical (unpaired) electrons. The number of aromatic nitrogens is 1. The van der Waals surface area contributed by atoms with Crippen LogP contribution in [0.3, 0.4) is 0 Å². The van der Waals surface area contributed by atoms with Crippen LogP contribution in [0.4, 0.5) is 13.2 Å². The summed E-state index contributed by atoms with van der Waals surface area (Å²) in [6.07, 6.45) is -3.11. The Kier molecular flexibility index (Phi) is 3.38. The predicted octanol–water partition coefficient (Wildman–Crippen LogP) is 3.08. The third kappa shape index (κ3) is 2.53. The Balaban J connectivity index is 2.43. The van der Waals surface area contributed by atoms with E-state index in [1.165, 1.54) is 24.4 Å². The van der Waals surface area contributed by atoms with Crippen LogP contribution < -0.4 is 5.32 Å². The number of nitrogens with one attached hydrogen (secondary N) is 1. The molecule has 0 spiro atoms. The molecule has 0 aliphatic carbocycles. The van der Waals surface area contributed by atoms with E-state index in [2.05, 4.69) is 10.3 Å². The largest absolute Gasteiger partial charge is 0.439 e. The molecular formula is C12H11F3N2O. The van der Waals surface area contributed by atoms with Crippen molar-refractivity contribution in [3.05, 3.63) is 41.9 Å². The molecule has 96 valence electrons. The zero-order valence-electron chi connectivity index (χ0n) is 9.58. The summed E-state index contributed by atoms with van der Waals surface area (Å²) in [5.41, 5.74) is -0.725. The second kappa shape index (κ2) is 4.81. The molecule has 2 rings (SSSR count). The van der Waals surface area contributed by atoms with Gasteiger partial charge in [-0.05, 0) is 13.1 Å². The summed E-state index contributed by atoms with van der Waals surface area (Å²) in [6, 6.07) is 5.27. The first-order valence-electron chi connectivity index (χ1n) is 5.28. The van der Waals surface area contributed by atoms with Gasteiger partial charge in [0.1, 0.15) is 0 Å². The predicted molar refractivity (Wildman–Crippen MR) is 59.7 cm³/mol. The van der Waals surface area contributed by atoms with Gasteiger partial charge in [-0.1, -0.05) is 18.2 Å². The van der Waals surface area contributed by atoms with Crippen molar-refractivity contribution in [1.82, 2.24) is 10.3 Å². The SMILES string of the molecule is CNCc1ncc(-c2ccccc2C(F)(F)F)o1. The van der Waals surface area contributed by atoms with Gasteiger partial charge in [0.2, 0.25) is 5.89 Å². The summed E-state index contributed by atoms with van der Waals surface area (Å²) in [4.78, 5) is 3.91. The van der Waals surface area contributed by atoms with Crippen molar-refractivity contribution in [3.63, 3.8) is 0 Å². The van der Waals surface area contributed by atoms with Crippen molar-refractivity contribution in [2.24, 2.45) is 0 Å². The molecule has 0 amide bonds. The summed E-state index contributed by atoms with van der Waals surface area (Å²) in [5, 5.41) is 2.82. The average molecular weight is 256 g/mol. The van der Waals surface area contributed by atoms with E-state index in [1.807, 2.05) is 0 Å². The first kappa shape index (κ1) is 12.6. The topological polar surface area (TPSA) is 38.1 Å². The number of nitrogens with zero attached hydrogens (tertiary/aromatic N) is 1. The van der Waals surface area contributed by atoms with Crippen molar-refractivity contribution < 1.29 is 17.6 Å². The van der Waals surface area contributed by atoms with Crippen LogP contribution in [0.5, 0.6) is 0 Å². The highest BCUT2D eigenvalue weighted by Crippen LogP contribution is 2.36. The number of halogens is 3. The van der Waals surface area contributed by atoms with Gasteiger partial charge in [0.05, 0.1) is 18.3 Å². The molecule has 6 heteroatoms. The molecule has 18 heavy (non-hydrogen) atoms. The van der Waals surface area contributed by atoms with Crippen molar-refractivity contribution >= 4 is 0 Å². The number of alkyl halides is 3. The lowest BCUT2D eigenvalue weighted by Gasteiger charge is -2.10. The van der Waals surface area contributed by atoms with E-state index < -0.39 is 11.7 Å². The van der Waals surface area contributed by atoms with Crippen LogP contribution in [-0.2, 0) is 12.7 Å². The number of rotatable bonds is 3. The third-order valence-electron chi connectivity index (χ3n) is 2.38. The Labute approximate surface area is 102 Å². The average Bonchev–Trinajstić information content (AvgIpc) is 2.77. The molecule has 0 aliphatic rings. The lowest BCUT2D eigenvalue weighted by Crippen LogP contribution is -2.06. The van der Waals surface area contributed by atoms with Crippen molar-refractivity contribution in [1.29, 1.82) is 0 Å². The molecule has 0 bridgehead atoms. The van der Waals surface area contributed by atoms with Crippen LogP contribution in [0.25, 0.3) is 11.3 Å². The Morgan fingerprint density at radius 3 is 2.67 bits per heavy atom. The standard InChI is InChI=1S/C12H11F3N2O/c1-16-7-11-17-6-10(18-11)8-4-2-3-5-9(8)12(13,14)15/h2-6,16H,7H2,1H3. The first-order valence-corrected chi connectivity index (χ1v) is 5.28. The van der Waals surface area contributed by atoms with Crippen LogP contribution in [-0.4, -0.2) is 12.0 Å². The summed E-state index contributed by atoms with van der Waals surface area (Å²) in [7, 11) is 1.70. The van der Waals surface area contributed by atoms with Crippen molar-refractivity contribution in [3.8, 4) is 11.3 Å². The molecule has 0 atom stereocenters. The van der Waals surface area contributed by atoms with E-state index in [-0.39, 0.29) is 11.3 Å². The third-order valence-corrected chi connectivity index (χ3v) is 2.38. The van der Waals surface area contributed by atoms with E-state index in [0.29, 0.717) is 12.4 Å². The number of oxazole rings is 1. The van der Waals surface area contributed by atoms with Crippen LogP contribution >= 0.6 is 0 Å². The number of benzene rings is 1. The van der Waals surface area contributed by atoms with Gasteiger partial charge in [-0.25, -0.2) is 4.98 Å². The molecule has 3 nitrogen and oxygen atoms in total. The normalized spacial score (nSPS) is 11.8. The maximum absolute atomic E-state index is 12.8. The monoisotopic (exact) mass is 256 g/mol. The van der Waals surface area contributed by atoms with Gasteiger partial charge in [0.15, 0.2) is 5.76 Å². The Morgan fingerprint density at radius 1 is 1.28 bits per heavy atom. The van der Waals surface area contributed by atoms with Crippen molar-refractivity contribution in [2.75, 3.05) is 7.05 Å². The van der Waals surface area contributed by atoms with Gasteiger partial charge in [0, 0.05) is 5.56 Å². The van der Waals surface area contributed by atoms with Gasteiger partial charge in [-0.15, -0.1) is 0 Å². The van der Waals surface area contributed by atoms with E-state index >= 15 is 0 Å². The summed E-state index contributed by atoms with van der Waals surface area (Å²) < 4.78 is 43.7. The van der Waals surface area contributed by atoms with E-state index in [4.69, 9.17) is 4.42 Å². The van der Waals surface area contributed by atoms with Gasteiger partial charge in [0.25, 0.3) is 0 Å². The maximum atomic E-state index is 12.8. The number of hydrogen-bond donors (Lipinski definition) is 1. The Morgan fingerprint density at radius 2 is 2.00 bits per heavy atom. The fraction of sp³-hybridized carbons (Fsp3) is 0.250. The molecule has 1 heterocycles. The molecule has 0 saturated heterocycles. The minimum absolute atomic E-state index is 0.000136. The zero-order valence-corrected chi connectivity index (χ0v) is 9.58. The number of hydrogen-bond acceptors (Lipinski definition) is 3. The maximum Gasteiger partial charge on any atom is 0.417 e. The molecule has 0 fully saturated rings. The molecule has 0 aliphatic heterocycles. The second-order valence-electron chi connectivity index (χ2n) is 3.69. The first-order chi connectivity index (χ1) is 8.52. The molecule has 0 saturated carbocycles. The van der Waals surface area contributed by atoms with Gasteiger partial charge in [-0.2, -0.15) is 13.2 Å². The molecule has 1 aromatic carbocycles. The van der Waals surface area contributed by atoms with Crippen LogP contribution in [0.2, 0.25) is 0 Å². The second-order valence-corrected chi connectivity index (χ2v) is 3.69. The Bertz CT molecular complexity index is 534. The Hall–Kier alpha value is -1.82. The minimum atomic E-state index is -4.41. The van der Waals surface area contributed by atoms with Crippen LogP contribution in [0.15, 0.2) is 34.9 Å². The quantitative estimate of drug-likeness (QED) is 0.917. The summed E-state index contributed by atoms with van der Waals surface area (Å²) in [5.74, 6) is 0.470. The lowest BCUT2D eigenvalue weighted by atomic mass is 10.1. The smallest absolute Gasteiger partial charge is 0.417 e. The molecular weight excluding hydrogens is 245 g/mol. The highest BCUT2D eigenvalue weighted by Gasteiger charge is 2.34. The van der Waals surface area contributed by atoms with Crippen LogP contribution in [0.1, 0.15) is 11.5 Å².